The van der Waals surface area contributed by atoms with E-state index in [1.54, 1.807) is 0 Å². The lowest BCUT2D eigenvalue weighted by molar-refractivity contribution is 1.54. The Bertz CT molecular complexity index is 2570. The summed E-state index contributed by atoms with van der Waals surface area (Å²) in [6.07, 6.45) is 11.2. The molecule has 0 nitrogen and oxygen atoms in total. The van der Waals surface area contributed by atoms with Crippen molar-refractivity contribution in [2.45, 2.75) is 0 Å². The third-order valence-corrected chi connectivity index (χ3v) is 9.70. The Labute approximate surface area is 318 Å². The molecule has 0 aliphatic carbocycles. The van der Waals surface area contributed by atoms with Gasteiger partial charge < -0.3 is 0 Å². The molecule has 8 aromatic rings. The van der Waals surface area contributed by atoms with Crippen molar-refractivity contribution in [1.82, 2.24) is 0 Å². The zero-order chi connectivity index (χ0) is 36.7. The first-order chi connectivity index (χ1) is 26.6. The molecule has 0 unspecified atom stereocenters. The largest absolute Gasteiger partial charge is 0.115 e. The van der Waals surface area contributed by atoms with Crippen molar-refractivity contribution < 1.29 is 0 Å². The van der Waals surface area contributed by atoms with Crippen molar-refractivity contribution in [2.75, 3.05) is 0 Å². The van der Waals surface area contributed by atoms with E-state index in [4.69, 9.17) is 12.8 Å². The average Bonchev–Trinajstić information content (AvgIpc) is 3.26. The van der Waals surface area contributed by atoms with Gasteiger partial charge in [-0.25, -0.2) is 0 Å². The molecule has 0 amide bonds. The fourth-order valence-corrected chi connectivity index (χ4v) is 6.62. The SMILES string of the molecule is C#Cc1ccc(-c2ccc(-c3cc(-c4ccc(-c5ccc(C#C)cc5)cc4)cc(-c4ccc(-c5ccc(C#Cc6ccccc6)cc5)cc4)c3)cc2)cc1. The molecule has 8 aromatic carbocycles. The molecule has 0 saturated carbocycles. The van der Waals surface area contributed by atoms with Gasteiger partial charge in [0.1, 0.15) is 0 Å². The number of hydrogen-bond donors (Lipinski definition) is 0. The van der Waals surface area contributed by atoms with Crippen molar-refractivity contribution in [1.29, 1.82) is 0 Å². The number of terminal acetylenes is 2. The van der Waals surface area contributed by atoms with E-state index in [0.29, 0.717) is 0 Å². The van der Waals surface area contributed by atoms with Crippen LogP contribution in [0.25, 0.3) is 66.8 Å². The number of benzene rings is 8. The lowest BCUT2D eigenvalue weighted by Gasteiger charge is -2.13. The van der Waals surface area contributed by atoms with E-state index in [1.165, 1.54) is 0 Å². The summed E-state index contributed by atoms with van der Waals surface area (Å²) in [4.78, 5) is 0. The second kappa shape index (κ2) is 15.4. The van der Waals surface area contributed by atoms with Crippen LogP contribution < -0.4 is 0 Å². The maximum absolute atomic E-state index is 5.58. The predicted molar refractivity (Wildman–Crippen MR) is 227 cm³/mol. The average molecular weight is 683 g/mol. The quantitative estimate of drug-likeness (QED) is 0.153. The van der Waals surface area contributed by atoms with Gasteiger partial charge in [-0.1, -0.05) is 151 Å². The van der Waals surface area contributed by atoms with Crippen LogP contribution in [0.1, 0.15) is 22.3 Å². The lowest BCUT2D eigenvalue weighted by Crippen LogP contribution is -1.88. The molecule has 8 rings (SSSR count). The van der Waals surface area contributed by atoms with E-state index in [2.05, 4.69) is 163 Å². The molecule has 0 N–H and O–H groups in total. The Kier molecular flexibility index (Phi) is 9.55. The van der Waals surface area contributed by atoms with Crippen molar-refractivity contribution in [3.63, 3.8) is 0 Å². The smallest absolute Gasteiger partial charge is 0.0249 e. The molecule has 0 spiro atoms. The highest BCUT2D eigenvalue weighted by Crippen LogP contribution is 2.35. The Morgan fingerprint density at radius 2 is 0.444 bits per heavy atom. The highest BCUT2D eigenvalue weighted by atomic mass is 14.1. The van der Waals surface area contributed by atoms with Crippen LogP contribution >= 0.6 is 0 Å². The minimum absolute atomic E-state index is 0.880. The summed E-state index contributed by atoms with van der Waals surface area (Å²) in [6, 6.07) is 68.0. The summed E-state index contributed by atoms with van der Waals surface area (Å²) >= 11 is 0. The van der Waals surface area contributed by atoms with Crippen molar-refractivity contribution in [3.8, 4) is 103 Å². The van der Waals surface area contributed by atoms with E-state index < -0.39 is 0 Å². The molecule has 250 valence electrons. The zero-order valence-electron chi connectivity index (χ0n) is 29.6. The van der Waals surface area contributed by atoms with Crippen LogP contribution in [-0.4, -0.2) is 0 Å². The van der Waals surface area contributed by atoms with E-state index in [-0.39, 0.29) is 0 Å². The summed E-state index contributed by atoms with van der Waals surface area (Å²) in [7, 11) is 0. The molecule has 0 aromatic heterocycles. The number of rotatable bonds is 6. The molecule has 0 heterocycles. The molecular weight excluding hydrogens is 649 g/mol. The van der Waals surface area contributed by atoms with Gasteiger partial charge in [0.25, 0.3) is 0 Å². The maximum Gasteiger partial charge on any atom is 0.0249 e. The van der Waals surface area contributed by atoms with E-state index >= 15 is 0 Å². The molecule has 0 fully saturated rings. The minimum atomic E-state index is 0.880. The van der Waals surface area contributed by atoms with Crippen LogP contribution in [0.3, 0.4) is 0 Å². The van der Waals surface area contributed by atoms with E-state index in [0.717, 1.165) is 89.0 Å². The molecule has 0 saturated heterocycles. The van der Waals surface area contributed by atoms with Crippen LogP contribution in [0.15, 0.2) is 194 Å². The maximum atomic E-state index is 5.58. The second-order valence-corrected chi connectivity index (χ2v) is 13.2. The van der Waals surface area contributed by atoms with Gasteiger partial charge in [0.2, 0.25) is 0 Å². The summed E-state index contributed by atoms with van der Waals surface area (Å²) in [5, 5.41) is 0. The summed E-state index contributed by atoms with van der Waals surface area (Å²) in [5.41, 5.74) is 17.6. The zero-order valence-corrected chi connectivity index (χ0v) is 29.6. The summed E-state index contributed by atoms with van der Waals surface area (Å²) < 4.78 is 0. The van der Waals surface area contributed by atoms with Crippen molar-refractivity contribution in [2.24, 2.45) is 0 Å². The Balaban J connectivity index is 1.11. The molecular formula is C54H34. The Hall–Kier alpha value is -7.56. The standard InChI is InChI=1S/C54H34/c1-3-39-12-18-43(19-13-39)46-24-30-49(31-25-46)52-36-53(50-32-26-47(27-33-50)44-20-14-40(4-2)15-21-44)38-54(37-52)51-34-28-48(29-35-51)45-22-16-42(17-23-45)11-10-41-8-6-5-7-9-41/h1-2,5-9,12-38H. The van der Waals surface area contributed by atoms with Crippen LogP contribution in [0.2, 0.25) is 0 Å². The molecule has 0 aliphatic heterocycles. The fourth-order valence-electron chi connectivity index (χ4n) is 6.62. The third-order valence-electron chi connectivity index (χ3n) is 9.70. The van der Waals surface area contributed by atoms with Crippen LogP contribution in [-0.2, 0) is 0 Å². The summed E-state index contributed by atoms with van der Waals surface area (Å²) in [6.45, 7) is 0. The van der Waals surface area contributed by atoms with Gasteiger partial charge in [0.15, 0.2) is 0 Å². The lowest BCUT2D eigenvalue weighted by atomic mass is 9.91. The van der Waals surface area contributed by atoms with Crippen LogP contribution in [0.5, 0.6) is 0 Å². The topological polar surface area (TPSA) is 0 Å². The Morgan fingerprint density at radius 3 is 0.722 bits per heavy atom. The first kappa shape index (κ1) is 33.6. The molecule has 0 aliphatic rings. The minimum Gasteiger partial charge on any atom is -0.115 e. The van der Waals surface area contributed by atoms with Gasteiger partial charge in [0.05, 0.1) is 0 Å². The van der Waals surface area contributed by atoms with Gasteiger partial charge in [-0.2, -0.15) is 0 Å². The van der Waals surface area contributed by atoms with E-state index in [1.807, 2.05) is 54.6 Å². The van der Waals surface area contributed by atoms with Gasteiger partial charge >= 0.3 is 0 Å². The fraction of sp³-hybridized carbons (Fsp3) is 0. The predicted octanol–water partition coefficient (Wildman–Crippen LogP) is 13.1. The van der Waals surface area contributed by atoms with Crippen molar-refractivity contribution in [3.05, 3.63) is 216 Å². The van der Waals surface area contributed by atoms with E-state index in [9.17, 15) is 0 Å². The first-order valence-corrected chi connectivity index (χ1v) is 17.9. The third kappa shape index (κ3) is 7.54. The summed E-state index contributed by atoms with van der Waals surface area (Å²) in [5.74, 6) is 11.9. The normalized spacial score (nSPS) is 10.4. The Morgan fingerprint density at radius 1 is 0.222 bits per heavy atom. The first-order valence-electron chi connectivity index (χ1n) is 17.9. The monoisotopic (exact) mass is 682 g/mol. The molecule has 0 bridgehead atoms. The molecule has 0 radical (unpaired) electrons. The van der Waals surface area contributed by atoms with Gasteiger partial charge in [0, 0.05) is 22.3 Å². The molecule has 54 heavy (non-hydrogen) atoms. The van der Waals surface area contributed by atoms with Gasteiger partial charge in [-0.15, -0.1) is 12.8 Å². The van der Waals surface area contributed by atoms with Gasteiger partial charge in [-0.3, -0.25) is 0 Å². The van der Waals surface area contributed by atoms with Crippen LogP contribution in [0.4, 0.5) is 0 Å². The highest BCUT2D eigenvalue weighted by molar-refractivity contribution is 5.83. The second-order valence-electron chi connectivity index (χ2n) is 13.2. The van der Waals surface area contributed by atoms with Crippen LogP contribution in [0, 0.1) is 36.5 Å². The van der Waals surface area contributed by atoms with Crippen molar-refractivity contribution >= 4 is 0 Å². The molecule has 0 atom stereocenters. The van der Waals surface area contributed by atoms with Gasteiger partial charge in [-0.05, 0) is 133 Å². The highest BCUT2D eigenvalue weighted by Gasteiger charge is 2.10. The molecule has 0 heteroatoms. The number of hydrogen-bond acceptors (Lipinski definition) is 0.